The van der Waals surface area contributed by atoms with Gasteiger partial charge in [0, 0.05) is 26.7 Å². The van der Waals surface area contributed by atoms with E-state index in [0.29, 0.717) is 25.6 Å². The summed E-state index contributed by atoms with van der Waals surface area (Å²) in [5.74, 6) is 0.630. The number of nitrogens with zero attached hydrogens (tertiary/aromatic N) is 2. The zero-order valence-electron chi connectivity index (χ0n) is 12.4. The van der Waals surface area contributed by atoms with E-state index >= 15 is 0 Å². The quantitative estimate of drug-likeness (QED) is 0.789. The van der Waals surface area contributed by atoms with Crippen LogP contribution in [0.15, 0.2) is 0 Å². The molecule has 0 aromatic heterocycles. The van der Waals surface area contributed by atoms with Crippen LogP contribution in [0.5, 0.6) is 0 Å². The molecule has 0 aromatic carbocycles. The lowest BCUT2D eigenvalue weighted by atomic mass is 9.61. The molecule has 0 aromatic rings. The first-order valence-electron chi connectivity index (χ1n) is 7.02. The molecule has 1 aliphatic carbocycles. The maximum atomic E-state index is 12.8. The molecule has 5 heteroatoms. The van der Waals surface area contributed by atoms with Crippen molar-refractivity contribution in [3.8, 4) is 0 Å². The first-order chi connectivity index (χ1) is 8.74. The maximum Gasteiger partial charge on any atom is 0.247 e. The van der Waals surface area contributed by atoms with Crippen LogP contribution >= 0.6 is 0 Å². The molecule has 1 saturated carbocycles. The molecule has 2 fully saturated rings. The number of hydrogen-bond donors (Lipinski definition) is 1. The fourth-order valence-electron chi connectivity index (χ4n) is 3.56. The predicted octanol–water partition coefficient (Wildman–Crippen LogP) is 0.441. The van der Waals surface area contributed by atoms with E-state index in [1.165, 1.54) is 0 Å². The first kappa shape index (κ1) is 14.3. The van der Waals surface area contributed by atoms with Crippen molar-refractivity contribution >= 4 is 11.8 Å². The van der Waals surface area contributed by atoms with Crippen LogP contribution in [0.4, 0.5) is 0 Å². The second-order valence-corrected chi connectivity index (χ2v) is 6.74. The Kier molecular flexibility index (Phi) is 3.37. The zero-order valence-corrected chi connectivity index (χ0v) is 12.4. The number of rotatable bonds is 2. The third-order valence-corrected chi connectivity index (χ3v) is 4.77. The van der Waals surface area contributed by atoms with Gasteiger partial charge >= 0.3 is 0 Å². The molecule has 2 amide bonds. The normalized spacial score (nSPS) is 34.2. The van der Waals surface area contributed by atoms with Crippen LogP contribution in [0.1, 0.15) is 33.6 Å². The molecule has 2 N–H and O–H groups in total. The number of nitrogens with two attached hydrogens (primary N) is 1. The molecule has 108 valence electrons. The molecule has 2 rings (SSSR count). The van der Waals surface area contributed by atoms with E-state index in [-0.39, 0.29) is 11.8 Å². The predicted molar refractivity (Wildman–Crippen MR) is 73.3 cm³/mol. The van der Waals surface area contributed by atoms with E-state index in [0.717, 1.165) is 12.8 Å². The molecule has 1 heterocycles. The Morgan fingerprint density at radius 3 is 2.42 bits per heavy atom. The van der Waals surface area contributed by atoms with Gasteiger partial charge in [-0.15, -0.1) is 0 Å². The third-order valence-electron chi connectivity index (χ3n) is 4.77. The summed E-state index contributed by atoms with van der Waals surface area (Å²) in [5, 5.41) is 0. The number of carbonyl (C=O) groups excluding carboxylic acids is 2. The van der Waals surface area contributed by atoms with Crippen molar-refractivity contribution in [3.05, 3.63) is 0 Å². The SMILES string of the molecule is CC1CC(CN)(C(=O)N2CCN(C)C(=O)C2(C)C)C1. The summed E-state index contributed by atoms with van der Waals surface area (Å²) in [6, 6.07) is 0. The smallest absolute Gasteiger partial charge is 0.247 e. The van der Waals surface area contributed by atoms with Gasteiger partial charge in [0.15, 0.2) is 0 Å². The summed E-state index contributed by atoms with van der Waals surface area (Å²) in [7, 11) is 1.79. The number of amides is 2. The Hall–Kier alpha value is -1.10. The Bertz CT molecular complexity index is 399. The fraction of sp³-hybridized carbons (Fsp3) is 0.857. The van der Waals surface area contributed by atoms with Gasteiger partial charge in [0.05, 0.1) is 5.41 Å². The number of piperazine rings is 1. The van der Waals surface area contributed by atoms with Crippen molar-refractivity contribution in [2.45, 2.75) is 39.2 Å². The second-order valence-electron chi connectivity index (χ2n) is 6.74. The monoisotopic (exact) mass is 267 g/mol. The molecular weight excluding hydrogens is 242 g/mol. The lowest BCUT2D eigenvalue weighted by Gasteiger charge is -2.52. The minimum Gasteiger partial charge on any atom is -0.342 e. The van der Waals surface area contributed by atoms with Crippen molar-refractivity contribution in [2.75, 3.05) is 26.7 Å². The lowest BCUT2D eigenvalue weighted by molar-refractivity contribution is -0.168. The summed E-state index contributed by atoms with van der Waals surface area (Å²) in [6.45, 7) is 7.38. The summed E-state index contributed by atoms with van der Waals surface area (Å²) < 4.78 is 0. The highest BCUT2D eigenvalue weighted by Gasteiger charge is 2.53. The zero-order chi connectivity index (χ0) is 14.4. The largest absolute Gasteiger partial charge is 0.342 e. The third kappa shape index (κ3) is 2.04. The maximum absolute atomic E-state index is 12.8. The van der Waals surface area contributed by atoms with Crippen LogP contribution in [0.25, 0.3) is 0 Å². The van der Waals surface area contributed by atoms with E-state index in [9.17, 15) is 9.59 Å². The molecule has 0 unspecified atom stereocenters. The topological polar surface area (TPSA) is 66.6 Å². The standard InChI is InChI=1S/C14H25N3O2/c1-10-7-14(8-10,9-15)12(19)17-6-5-16(4)11(18)13(17,2)3/h10H,5-9,15H2,1-4H3. The molecular formula is C14H25N3O2. The minimum atomic E-state index is -0.759. The molecule has 1 saturated heterocycles. The Morgan fingerprint density at radius 2 is 1.95 bits per heavy atom. The molecule has 5 nitrogen and oxygen atoms in total. The van der Waals surface area contributed by atoms with Crippen molar-refractivity contribution in [3.63, 3.8) is 0 Å². The van der Waals surface area contributed by atoms with Crippen LogP contribution < -0.4 is 5.73 Å². The minimum absolute atomic E-state index is 0.00615. The van der Waals surface area contributed by atoms with Gasteiger partial charge in [-0.2, -0.15) is 0 Å². The second kappa shape index (κ2) is 4.47. The van der Waals surface area contributed by atoms with Gasteiger partial charge in [-0.1, -0.05) is 6.92 Å². The molecule has 1 aliphatic heterocycles. The number of likely N-dealkylation sites (N-methyl/N-ethyl adjacent to an activating group) is 1. The van der Waals surface area contributed by atoms with Crippen molar-refractivity contribution < 1.29 is 9.59 Å². The molecule has 0 radical (unpaired) electrons. The van der Waals surface area contributed by atoms with Gasteiger partial charge in [-0.25, -0.2) is 0 Å². The van der Waals surface area contributed by atoms with Crippen LogP contribution in [-0.4, -0.2) is 53.8 Å². The highest BCUT2D eigenvalue weighted by Crippen LogP contribution is 2.47. The fourth-order valence-corrected chi connectivity index (χ4v) is 3.56. The van der Waals surface area contributed by atoms with Crippen LogP contribution in [-0.2, 0) is 9.59 Å². The summed E-state index contributed by atoms with van der Waals surface area (Å²) >= 11 is 0. The van der Waals surface area contributed by atoms with Crippen molar-refractivity contribution in [2.24, 2.45) is 17.1 Å². The Balaban J connectivity index is 2.22. The van der Waals surface area contributed by atoms with Crippen LogP contribution in [0.3, 0.4) is 0 Å². The van der Waals surface area contributed by atoms with E-state index in [1.807, 2.05) is 13.8 Å². The molecule has 2 aliphatic rings. The van der Waals surface area contributed by atoms with Gasteiger partial charge in [0.2, 0.25) is 11.8 Å². The van der Waals surface area contributed by atoms with Crippen LogP contribution in [0, 0.1) is 11.3 Å². The van der Waals surface area contributed by atoms with Crippen molar-refractivity contribution in [1.29, 1.82) is 0 Å². The highest BCUT2D eigenvalue weighted by atomic mass is 16.2. The van der Waals surface area contributed by atoms with Crippen molar-refractivity contribution in [1.82, 2.24) is 9.80 Å². The Morgan fingerprint density at radius 1 is 1.37 bits per heavy atom. The van der Waals surface area contributed by atoms with E-state index in [2.05, 4.69) is 6.92 Å². The molecule has 19 heavy (non-hydrogen) atoms. The van der Waals surface area contributed by atoms with Gasteiger partial charge < -0.3 is 15.5 Å². The molecule has 0 spiro atoms. The van der Waals surface area contributed by atoms with E-state index in [4.69, 9.17) is 5.73 Å². The summed E-state index contributed by atoms with van der Waals surface area (Å²) in [5.41, 5.74) is 4.66. The summed E-state index contributed by atoms with van der Waals surface area (Å²) in [4.78, 5) is 28.5. The average Bonchev–Trinajstić information content (AvgIpc) is 2.31. The van der Waals surface area contributed by atoms with Gasteiger partial charge in [-0.05, 0) is 32.6 Å². The average molecular weight is 267 g/mol. The van der Waals surface area contributed by atoms with Gasteiger partial charge in [-0.3, -0.25) is 9.59 Å². The first-order valence-corrected chi connectivity index (χ1v) is 7.02. The Labute approximate surface area is 115 Å². The van der Waals surface area contributed by atoms with E-state index in [1.54, 1.807) is 16.8 Å². The molecule has 0 bridgehead atoms. The van der Waals surface area contributed by atoms with Gasteiger partial charge in [0.25, 0.3) is 0 Å². The number of hydrogen-bond acceptors (Lipinski definition) is 3. The van der Waals surface area contributed by atoms with Gasteiger partial charge in [0.1, 0.15) is 5.54 Å². The van der Waals surface area contributed by atoms with E-state index < -0.39 is 11.0 Å². The van der Waals surface area contributed by atoms with Crippen LogP contribution in [0.2, 0.25) is 0 Å². The lowest BCUT2D eigenvalue weighted by Crippen LogP contribution is -2.67. The highest BCUT2D eigenvalue weighted by molar-refractivity contribution is 5.94. The number of carbonyl (C=O) groups is 2. The molecule has 0 atom stereocenters. The summed E-state index contributed by atoms with van der Waals surface area (Å²) in [6.07, 6.45) is 1.69.